The lowest BCUT2D eigenvalue weighted by Gasteiger charge is -2.05. The number of rotatable bonds is 4. The zero-order valence-electron chi connectivity index (χ0n) is 5.83. The quantitative estimate of drug-likeness (QED) is 0.602. The molecule has 58 valence electrons. The smallest absolute Gasteiger partial charge is 0.329 e. The summed E-state index contributed by atoms with van der Waals surface area (Å²) in [4.78, 5) is 8.67. The van der Waals surface area contributed by atoms with Gasteiger partial charge < -0.3 is 20.1 Å². The molecular weight excluding hydrogens is 141 g/mol. The van der Waals surface area contributed by atoms with Crippen LogP contribution in [0, 0.1) is 0 Å². The molecule has 0 heterocycles. The molecular formula is C4H14NO3P. The molecule has 4 nitrogen and oxygen atoms in total. The minimum atomic E-state index is -1.58. The molecule has 0 radical (unpaired) electrons. The highest BCUT2D eigenvalue weighted by Crippen LogP contribution is 2.31. The lowest BCUT2D eigenvalue weighted by molar-refractivity contribution is 0.216. The molecule has 0 amide bonds. The first-order valence-electron chi connectivity index (χ1n) is 2.56. The summed E-state index contributed by atoms with van der Waals surface area (Å²) in [5.74, 6) is 0. The van der Waals surface area contributed by atoms with Gasteiger partial charge >= 0.3 is 8.60 Å². The van der Waals surface area contributed by atoms with Crippen molar-refractivity contribution in [1.82, 2.24) is 6.15 Å². The molecule has 0 fully saturated rings. The number of hydrogen-bond acceptors (Lipinski definition) is 4. The van der Waals surface area contributed by atoms with Crippen LogP contribution in [0.15, 0.2) is 0 Å². The Balaban J connectivity index is 0. The summed E-state index contributed by atoms with van der Waals surface area (Å²) in [6.45, 7) is 4.62. The highest BCUT2D eigenvalue weighted by Gasteiger charge is 2.00. The second-order valence-electron chi connectivity index (χ2n) is 1.07. The molecule has 0 rings (SSSR count). The topological polar surface area (TPSA) is 73.7 Å². The van der Waals surface area contributed by atoms with Crippen LogP contribution < -0.4 is 6.15 Å². The van der Waals surface area contributed by atoms with Gasteiger partial charge in [0.2, 0.25) is 0 Å². The zero-order chi connectivity index (χ0) is 6.41. The summed E-state index contributed by atoms with van der Waals surface area (Å²) in [5, 5.41) is 0. The van der Waals surface area contributed by atoms with Crippen LogP contribution in [0.2, 0.25) is 0 Å². The van der Waals surface area contributed by atoms with Gasteiger partial charge in [0.05, 0.1) is 13.2 Å². The Hall–Kier alpha value is 0.270. The van der Waals surface area contributed by atoms with Crippen LogP contribution in [-0.4, -0.2) is 18.1 Å². The van der Waals surface area contributed by atoms with E-state index in [0.717, 1.165) is 0 Å². The first-order chi connectivity index (χ1) is 3.81. The second kappa shape index (κ2) is 8.27. The highest BCUT2D eigenvalue weighted by atomic mass is 31.2. The average molecular weight is 155 g/mol. The molecule has 0 aromatic rings. The van der Waals surface area contributed by atoms with Gasteiger partial charge in [-0.3, -0.25) is 0 Å². The molecule has 4 N–H and O–H groups in total. The molecule has 0 atom stereocenters. The first kappa shape index (κ1) is 12.0. The van der Waals surface area contributed by atoms with E-state index in [1.807, 2.05) is 13.8 Å². The Morgan fingerprint density at radius 3 is 1.78 bits per heavy atom. The molecule has 0 saturated heterocycles. The Bertz CT molecular complexity index is 49.1. The molecule has 9 heavy (non-hydrogen) atoms. The maximum Gasteiger partial charge on any atom is 0.329 e. The largest absolute Gasteiger partial charge is 0.344 e. The van der Waals surface area contributed by atoms with E-state index >= 15 is 0 Å². The van der Waals surface area contributed by atoms with Gasteiger partial charge in [0.25, 0.3) is 0 Å². The van der Waals surface area contributed by atoms with Gasteiger partial charge in [-0.2, -0.15) is 0 Å². The fourth-order valence-corrected chi connectivity index (χ4v) is 0.774. The minimum absolute atomic E-state index is 0. The lowest BCUT2D eigenvalue weighted by atomic mass is 10.9. The van der Waals surface area contributed by atoms with Crippen LogP contribution >= 0.6 is 8.60 Å². The molecule has 0 aliphatic carbocycles. The molecule has 0 bridgehead atoms. The molecule has 0 aliphatic rings. The van der Waals surface area contributed by atoms with Crippen molar-refractivity contribution in [3.05, 3.63) is 0 Å². The van der Waals surface area contributed by atoms with E-state index in [1.165, 1.54) is 0 Å². The number of hydrogen-bond donors (Lipinski definition) is 2. The third-order valence-electron chi connectivity index (χ3n) is 0.479. The molecule has 0 aromatic heterocycles. The highest BCUT2D eigenvalue weighted by molar-refractivity contribution is 7.40. The van der Waals surface area contributed by atoms with Crippen LogP contribution in [0.25, 0.3) is 0 Å². The van der Waals surface area contributed by atoms with Crippen molar-refractivity contribution in [2.75, 3.05) is 13.2 Å². The van der Waals surface area contributed by atoms with Crippen LogP contribution in [0.4, 0.5) is 0 Å². The summed E-state index contributed by atoms with van der Waals surface area (Å²) in [5.41, 5.74) is 0. The van der Waals surface area contributed by atoms with Crippen molar-refractivity contribution in [2.24, 2.45) is 0 Å². The summed E-state index contributed by atoms with van der Waals surface area (Å²) in [6.07, 6.45) is 0. The van der Waals surface area contributed by atoms with Crippen molar-refractivity contribution in [3.63, 3.8) is 0 Å². The molecule has 0 saturated carbocycles. The van der Waals surface area contributed by atoms with E-state index in [1.54, 1.807) is 0 Å². The van der Waals surface area contributed by atoms with Crippen LogP contribution in [-0.2, 0) is 9.05 Å². The predicted molar refractivity (Wildman–Crippen MR) is 37.4 cm³/mol. The van der Waals surface area contributed by atoms with Gasteiger partial charge in [-0.05, 0) is 13.8 Å². The molecule has 5 heteroatoms. The van der Waals surface area contributed by atoms with Crippen LogP contribution in [0.3, 0.4) is 0 Å². The van der Waals surface area contributed by atoms with Crippen molar-refractivity contribution in [2.45, 2.75) is 13.8 Å². The second-order valence-corrected chi connectivity index (χ2v) is 2.07. The van der Waals surface area contributed by atoms with E-state index in [2.05, 4.69) is 9.05 Å². The standard InChI is InChI=1S/C4H11O3P.H3N/c1-3-6-8(5)7-4-2;/h5H,3-4H2,1-2H3;1H3. The van der Waals surface area contributed by atoms with Crippen molar-refractivity contribution in [1.29, 1.82) is 0 Å². The molecule has 0 unspecified atom stereocenters. The Morgan fingerprint density at radius 2 is 1.56 bits per heavy atom. The van der Waals surface area contributed by atoms with Gasteiger partial charge in [-0.15, -0.1) is 0 Å². The monoisotopic (exact) mass is 155 g/mol. The molecule has 0 aromatic carbocycles. The summed E-state index contributed by atoms with van der Waals surface area (Å²) < 4.78 is 9.36. The van der Waals surface area contributed by atoms with Crippen LogP contribution in [0.5, 0.6) is 0 Å². The van der Waals surface area contributed by atoms with E-state index < -0.39 is 8.60 Å². The fraction of sp³-hybridized carbons (Fsp3) is 1.00. The van der Waals surface area contributed by atoms with Crippen molar-refractivity contribution in [3.8, 4) is 0 Å². The summed E-state index contributed by atoms with van der Waals surface area (Å²) in [6, 6.07) is 0. The molecule has 0 aliphatic heterocycles. The van der Waals surface area contributed by atoms with Gasteiger partial charge in [0.15, 0.2) is 0 Å². The van der Waals surface area contributed by atoms with Gasteiger partial charge in [0.1, 0.15) is 0 Å². The third kappa shape index (κ3) is 8.27. The lowest BCUT2D eigenvalue weighted by Crippen LogP contribution is -1.87. The van der Waals surface area contributed by atoms with Crippen molar-refractivity contribution >= 4 is 8.60 Å². The minimum Gasteiger partial charge on any atom is -0.344 e. The van der Waals surface area contributed by atoms with E-state index in [0.29, 0.717) is 13.2 Å². The Kier molecular flexibility index (Phi) is 11.0. The van der Waals surface area contributed by atoms with E-state index in [-0.39, 0.29) is 6.15 Å². The van der Waals surface area contributed by atoms with Crippen molar-refractivity contribution < 1.29 is 13.9 Å². The average Bonchev–Trinajstić information content (AvgIpc) is 1.68. The van der Waals surface area contributed by atoms with Gasteiger partial charge in [0, 0.05) is 0 Å². The maximum atomic E-state index is 8.67. The molecule has 0 spiro atoms. The normalized spacial score (nSPS) is 9.33. The van der Waals surface area contributed by atoms with Gasteiger partial charge in [-0.1, -0.05) is 0 Å². The van der Waals surface area contributed by atoms with Crippen LogP contribution in [0.1, 0.15) is 13.8 Å². The van der Waals surface area contributed by atoms with Gasteiger partial charge in [-0.25, -0.2) is 0 Å². The maximum absolute atomic E-state index is 8.67. The first-order valence-corrected chi connectivity index (χ1v) is 3.69. The van der Waals surface area contributed by atoms with E-state index in [4.69, 9.17) is 4.89 Å². The third-order valence-corrected chi connectivity index (χ3v) is 1.44. The Morgan fingerprint density at radius 1 is 1.22 bits per heavy atom. The Labute approximate surface area is 56.8 Å². The predicted octanol–water partition coefficient (Wildman–Crippen LogP) is 1.44. The fourth-order valence-electron chi connectivity index (χ4n) is 0.258. The zero-order valence-corrected chi connectivity index (χ0v) is 6.73. The van der Waals surface area contributed by atoms with E-state index in [9.17, 15) is 0 Å². The summed E-state index contributed by atoms with van der Waals surface area (Å²) in [7, 11) is -1.58. The summed E-state index contributed by atoms with van der Waals surface area (Å²) >= 11 is 0. The SMILES string of the molecule is CCOP(O)OCC.N.